The molecule has 0 saturated heterocycles. The standard InChI is InChI=1S/CH4FO2P/c1-4-5(2)3/h5H,1H3. The Morgan fingerprint density at radius 1 is 2.00 bits per heavy atom. The van der Waals surface area contributed by atoms with Gasteiger partial charge in [0.25, 0.3) is 0 Å². The van der Waals surface area contributed by atoms with Crippen molar-refractivity contribution in [3.63, 3.8) is 0 Å². The number of hydrogen-bond donors (Lipinski definition) is 0. The van der Waals surface area contributed by atoms with E-state index in [4.69, 9.17) is 4.57 Å². The van der Waals surface area contributed by atoms with Crippen LogP contribution in [0.15, 0.2) is 0 Å². The quantitative estimate of drug-likeness (QED) is 0.457. The summed E-state index contributed by atoms with van der Waals surface area (Å²) < 4.78 is 23.5. The third-order valence-electron chi connectivity index (χ3n) is 0.160. The van der Waals surface area contributed by atoms with Crippen molar-refractivity contribution in [1.29, 1.82) is 0 Å². The molecule has 32 valence electrons. The average molecular weight is 98.0 g/mol. The molecule has 0 saturated carbocycles. The summed E-state index contributed by atoms with van der Waals surface area (Å²) in [7, 11) is -2.07. The molecule has 0 aromatic rings. The van der Waals surface area contributed by atoms with Gasteiger partial charge in [-0.25, -0.2) is 0 Å². The number of halogens is 1. The van der Waals surface area contributed by atoms with Crippen LogP contribution in [0.5, 0.6) is 0 Å². The van der Waals surface area contributed by atoms with Gasteiger partial charge in [-0.05, 0) is 0 Å². The van der Waals surface area contributed by atoms with E-state index in [-0.39, 0.29) is 0 Å². The van der Waals surface area contributed by atoms with Crippen LogP contribution in [-0.2, 0) is 9.09 Å². The first kappa shape index (κ1) is 5.12. The smallest absolute Gasteiger partial charge is 0.311 e. The van der Waals surface area contributed by atoms with E-state index in [0.29, 0.717) is 0 Å². The number of rotatable bonds is 1. The first-order valence-corrected chi connectivity index (χ1v) is 2.20. The van der Waals surface area contributed by atoms with Gasteiger partial charge < -0.3 is 4.52 Å². The lowest BCUT2D eigenvalue weighted by molar-refractivity contribution is 0.381. The Labute approximate surface area is 29.9 Å². The van der Waals surface area contributed by atoms with Gasteiger partial charge in [-0.2, -0.15) is 4.20 Å². The summed E-state index contributed by atoms with van der Waals surface area (Å²) in [5.74, 6) is 0. The SMILES string of the molecule is CO[PH](=O)F. The summed E-state index contributed by atoms with van der Waals surface area (Å²) in [5, 5.41) is 0. The van der Waals surface area contributed by atoms with Gasteiger partial charge in [-0.1, -0.05) is 0 Å². The Morgan fingerprint density at radius 2 is 2.20 bits per heavy atom. The van der Waals surface area contributed by atoms with Crippen molar-refractivity contribution in [2.75, 3.05) is 7.11 Å². The van der Waals surface area contributed by atoms with Gasteiger partial charge in [0, 0.05) is 7.11 Å². The monoisotopic (exact) mass is 98.0 g/mol. The zero-order valence-electron chi connectivity index (χ0n) is 2.69. The summed E-state index contributed by atoms with van der Waals surface area (Å²) in [6, 6.07) is 0. The molecule has 1 unspecified atom stereocenters. The van der Waals surface area contributed by atoms with Gasteiger partial charge >= 0.3 is 8.34 Å². The summed E-state index contributed by atoms with van der Waals surface area (Å²) in [6.45, 7) is 0. The third-order valence-corrected chi connectivity index (χ3v) is 0.481. The van der Waals surface area contributed by atoms with E-state index in [1.165, 1.54) is 0 Å². The second kappa shape index (κ2) is 2.36. The maximum atomic E-state index is 10.8. The van der Waals surface area contributed by atoms with Crippen LogP contribution < -0.4 is 0 Å². The maximum absolute atomic E-state index is 10.8. The highest BCUT2D eigenvalue weighted by Gasteiger charge is 1.78. The Balaban J connectivity index is 2.85. The second-order valence-corrected chi connectivity index (χ2v) is 1.33. The van der Waals surface area contributed by atoms with Crippen LogP contribution in [0.25, 0.3) is 0 Å². The van der Waals surface area contributed by atoms with E-state index < -0.39 is 8.34 Å². The molecule has 5 heavy (non-hydrogen) atoms. The maximum Gasteiger partial charge on any atom is 0.356 e. The fourth-order valence-electron chi connectivity index (χ4n) is 0. The molecule has 0 heterocycles. The average Bonchev–Trinajstić information content (AvgIpc) is 1.38. The second-order valence-electron chi connectivity index (χ2n) is 0.442. The Morgan fingerprint density at radius 3 is 2.20 bits per heavy atom. The predicted octanol–water partition coefficient (Wildman–Crippen LogP) is 0.992. The van der Waals surface area contributed by atoms with Crippen LogP contribution >= 0.6 is 8.34 Å². The van der Waals surface area contributed by atoms with Crippen LogP contribution in [0.2, 0.25) is 0 Å². The molecule has 0 aromatic heterocycles. The molecule has 0 N–H and O–H groups in total. The van der Waals surface area contributed by atoms with Gasteiger partial charge in [0.1, 0.15) is 0 Å². The third kappa shape index (κ3) is 4.12. The highest BCUT2D eigenvalue weighted by molar-refractivity contribution is 7.32. The first-order valence-electron chi connectivity index (χ1n) is 1.01. The van der Waals surface area contributed by atoms with Crippen LogP contribution in [0.4, 0.5) is 4.20 Å². The first-order chi connectivity index (χ1) is 2.27. The van der Waals surface area contributed by atoms with Crippen molar-refractivity contribution in [3.8, 4) is 0 Å². The molecular weight excluding hydrogens is 94.0 g/mol. The highest BCUT2D eigenvalue weighted by atomic mass is 31.2. The zero-order chi connectivity index (χ0) is 4.28. The molecule has 0 fully saturated rings. The minimum atomic E-state index is -3.12. The van der Waals surface area contributed by atoms with Gasteiger partial charge in [-0.15, -0.1) is 0 Å². The van der Waals surface area contributed by atoms with Crippen LogP contribution in [-0.4, -0.2) is 7.11 Å². The van der Waals surface area contributed by atoms with Crippen LogP contribution in [0.3, 0.4) is 0 Å². The van der Waals surface area contributed by atoms with Crippen molar-refractivity contribution in [3.05, 3.63) is 0 Å². The van der Waals surface area contributed by atoms with Gasteiger partial charge in [0.15, 0.2) is 0 Å². The topological polar surface area (TPSA) is 26.3 Å². The predicted molar refractivity (Wildman–Crippen MR) is 17.1 cm³/mol. The molecule has 2 nitrogen and oxygen atoms in total. The summed E-state index contributed by atoms with van der Waals surface area (Å²) >= 11 is 0. The molecule has 0 amide bonds. The Hall–Kier alpha value is 0.120. The van der Waals surface area contributed by atoms with E-state index in [1.807, 2.05) is 0 Å². The lowest BCUT2D eigenvalue weighted by atomic mass is 11.8. The molecule has 0 bridgehead atoms. The van der Waals surface area contributed by atoms with Crippen molar-refractivity contribution >= 4 is 8.34 Å². The molecule has 0 aliphatic rings. The molecule has 0 spiro atoms. The molecule has 0 aromatic carbocycles. The fourth-order valence-corrected chi connectivity index (χ4v) is 0. The normalized spacial score (nSPS) is 14.8. The van der Waals surface area contributed by atoms with Crippen molar-refractivity contribution < 1.29 is 13.3 Å². The molecular formula is CH4FO2P. The van der Waals surface area contributed by atoms with Crippen molar-refractivity contribution in [2.45, 2.75) is 0 Å². The summed E-state index contributed by atoms with van der Waals surface area (Å²) in [4.78, 5) is 0. The van der Waals surface area contributed by atoms with E-state index in [2.05, 4.69) is 4.52 Å². The molecule has 0 aliphatic heterocycles. The number of hydrogen-bond acceptors (Lipinski definition) is 2. The van der Waals surface area contributed by atoms with Crippen LogP contribution in [0.1, 0.15) is 0 Å². The fraction of sp³-hybridized carbons (Fsp3) is 1.00. The zero-order valence-corrected chi connectivity index (χ0v) is 3.69. The minimum absolute atomic E-state index is 1.06. The lowest BCUT2D eigenvalue weighted by Crippen LogP contribution is -1.51. The van der Waals surface area contributed by atoms with Gasteiger partial charge in [0.2, 0.25) is 0 Å². The van der Waals surface area contributed by atoms with Crippen molar-refractivity contribution in [1.82, 2.24) is 0 Å². The largest absolute Gasteiger partial charge is 0.356 e. The van der Waals surface area contributed by atoms with Gasteiger partial charge in [0.05, 0.1) is 0 Å². The Kier molecular flexibility index (Phi) is 2.42. The summed E-state index contributed by atoms with van der Waals surface area (Å²) in [6.07, 6.45) is 0. The molecule has 0 rings (SSSR count). The molecule has 0 aliphatic carbocycles. The molecule has 0 radical (unpaired) electrons. The van der Waals surface area contributed by atoms with Gasteiger partial charge in [-0.3, -0.25) is 4.57 Å². The minimum Gasteiger partial charge on any atom is -0.311 e. The Bertz CT molecular complexity index is 44.9. The van der Waals surface area contributed by atoms with E-state index in [9.17, 15) is 4.20 Å². The molecule has 4 heteroatoms. The van der Waals surface area contributed by atoms with Crippen LogP contribution in [0, 0.1) is 0 Å². The summed E-state index contributed by atoms with van der Waals surface area (Å²) in [5.41, 5.74) is 0. The van der Waals surface area contributed by atoms with E-state index in [1.54, 1.807) is 0 Å². The highest BCUT2D eigenvalue weighted by Crippen LogP contribution is 2.19. The lowest BCUT2D eigenvalue weighted by Gasteiger charge is -1.75. The van der Waals surface area contributed by atoms with E-state index in [0.717, 1.165) is 7.11 Å². The van der Waals surface area contributed by atoms with Crippen molar-refractivity contribution in [2.24, 2.45) is 0 Å². The molecule has 1 atom stereocenters. The van der Waals surface area contributed by atoms with E-state index >= 15 is 0 Å².